The fraction of sp³-hybridized carbons (Fsp3) is 0.525. The summed E-state index contributed by atoms with van der Waals surface area (Å²) in [6, 6.07) is 0. The Morgan fingerprint density at radius 1 is 1.02 bits per heavy atom. The van der Waals surface area contributed by atoms with Crippen LogP contribution in [-0.2, 0) is 25.5 Å². The molecule has 0 amide bonds. The number of halogens is 1. The Kier molecular flexibility index (Phi) is 8.97. The van der Waals surface area contributed by atoms with Crippen LogP contribution in [0.5, 0.6) is 17.2 Å². The number of hydrogen-bond acceptors (Lipinski definition) is 8. The lowest BCUT2D eigenvalue weighted by Crippen LogP contribution is -2.72. The van der Waals surface area contributed by atoms with Crippen LogP contribution in [0.3, 0.4) is 0 Å². The number of ether oxygens (including phenoxy) is 5. The van der Waals surface area contributed by atoms with E-state index in [1.807, 2.05) is 39.8 Å². The molecule has 262 valence electrons. The maximum atomic E-state index is 15.1. The third-order valence-electron chi connectivity index (χ3n) is 10.8. The van der Waals surface area contributed by atoms with Gasteiger partial charge in [-0.1, -0.05) is 35.5 Å². The van der Waals surface area contributed by atoms with E-state index < -0.39 is 34.3 Å². The Labute approximate surface area is 297 Å². The SMILES string of the molecule is COC(=O)/C(C)=C\CC12OC(C)(C)C3CC(C=C4C(=O)c5c(OCBr)c6c(c(CC=C(C)C)c5OC431)OC(C)(CCC=C(C)C)C=C6)C2=O. The molecule has 3 aliphatic heterocycles. The summed E-state index contributed by atoms with van der Waals surface area (Å²) in [5.74, 6) is -0.406. The van der Waals surface area contributed by atoms with E-state index in [0.717, 1.165) is 24.0 Å². The van der Waals surface area contributed by atoms with E-state index >= 15 is 4.79 Å². The van der Waals surface area contributed by atoms with Crippen molar-refractivity contribution in [2.24, 2.45) is 11.8 Å². The predicted molar refractivity (Wildman–Crippen MR) is 191 cm³/mol. The largest absolute Gasteiger partial charge is 0.482 e. The Morgan fingerprint density at radius 3 is 2.39 bits per heavy atom. The second-order valence-electron chi connectivity index (χ2n) is 15.2. The van der Waals surface area contributed by atoms with Crippen LogP contribution in [0.2, 0.25) is 0 Å². The van der Waals surface area contributed by atoms with E-state index in [1.54, 1.807) is 19.1 Å². The van der Waals surface area contributed by atoms with Crippen molar-refractivity contribution < 1.29 is 38.1 Å². The molecule has 1 spiro atoms. The number of benzene rings is 1. The summed E-state index contributed by atoms with van der Waals surface area (Å²) < 4.78 is 32.4. The molecule has 0 radical (unpaired) electrons. The van der Waals surface area contributed by atoms with Gasteiger partial charge in [0.05, 0.1) is 18.3 Å². The topological polar surface area (TPSA) is 97.4 Å². The summed E-state index contributed by atoms with van der Waals surface area (Å²) >= 11 is 3.43. The number of hydrogen-bond donors (Lipinski definition) is 0. The fourth-order valence-electron chi connectivity index (χ4n) is 8.52. The highest BCUT2D eigenvalue weighted by Gasteiger charge is 2.81. The second-order valence-corrected chi connectivity index (χ2v) is 15.6. The molecular formula is C40H47BrO8. The van der Waals surface area contributed by atoms with Crippen molar-refractivity contribution in [2.75, 3.05) is 12.6 Å². The van der Waals surface area contributed by atoms with Crippen molar-refractivity contribution in [2.45, 2.75) is 110 Å². The van der Waals surface area contributed by atoms with E-state index in [4.69, 9.17) is 23.7 Å². The number of allylic oxidation sites excluding steroid dienone is 5. The zero-order chi connectivity index (χ0) is 35.7. The Morgan fingerprint density at radius 2 is 1.73 bits per heavy atom. The van der Waals surface area contributed by atoms with Crippen LogP contribution in [0.25, 0.3) is 6.08 Å². The molecule has 1 aromatic carbocycles. The molecule has 4 bridgehead atoms. The minimum Gasteiger partial charge on any atom is -0.482 e. The molecule has 1 saturated carbocycles. The number of ketones is 2. The van der Waals surface area contributed by atoms with Crippen molar-refractivity contribution in [1.82, 2.24) is 0 Å². The van der Waals surface area contributed by atoms with Crippen LogP contribution in [0.1, 0.15) is 103 Å². The van der Waals surface area contributed by atoms with Gasteiger partial charge in [0.2, 0.25) is 0 Å². The maximum absolute atomic E-state index is 15.1. The number of carbonyl (C=O) groups is 3. The number of Topliss-reactive ketones (excluding diaryl/α,β-unsaturated/α-hetero) is 2. The van der Waals surface area contributed by atoms with Crippen LogP contribution in [0.4, 0.5) is 0 Å². The van der Waals surface area contributed by atoms with Gasteiger partial charge in [-0.15, -0.1) is 0 Å². The van der Waals surface area contributed by atoms with E-state index in [2.05, 4.69) is 48.9 Å². The number of carbonyl (C=O) groups excluding carboxylic acids is 3. The molecule has 2 fully saturated rings. The monoisotopic (exact) mass is 734 g/mol. The number of alkyl halides is 1. The molecule has 6 aliphatic rings. The van der Waals surface area contributed by atoms with Crippen LogP contribution in [0.15, 0.2) is 52.7 Å². The molecule has 1 saturated heterocycles. The smallest absolute Gasteiger partial charge is 0.333 e. The minimum absolute atomic E-state index is 0.0455. The standard InChI is InChI=1S/C40H47BrO8/c1-22(2)11-10-16-38(8)17-15-27-32(47-38)26(13-12-23(3)4)34-30(33(27)46-21-41)31(42)28-19-25-20-29-37(6,7)49-39(35(25)43,40(28,29)48-34)18-14-24(5)36(44)45-9/h11-12,14-15,17,19,25,29H,10,13,16,18,20-21H2,1-9H3/b24-14-. The number of methoxy groups -OCH3 is 1. The Bertz CT molecular complexity index is 1780. The normalized spacial score (nSPS) is 29.9. The van der Waals surface area contributed by atoms with Gasteiger partial charge in [0, 0.05) is 35.0 Å². The maximum Gasteiger partial charge on any atom is 0.333 e. The van der Waals surface area contributed by atoms with Gasteiger partial charge >= 0.3 is 5.97 Å². The van der Waals surface area contributed by atoms with Gasteiger partial charge in [-0.3, -0.25) is 9.59 Å². The average molecular weight is 736 g/mol. The van der Waals surface area contributed by atoms with E-state index in [9.17, 15) is 9.59 Å². The van der Waals surface area contributed by atoms with Crippen molar-refractivity contribution in [3.63, 3.8) is 0 Å². The number of rotatable bonds is 10. The second kappa shape index (κ2) is 12.4. The first-order chi connectivity index (χ1) is 23.1. The predicted octanol–water partition coefficient (Wildman–Crippen LogP) is 8.35. The molecule has 3 aliphatic carbocycles. The summed E-state index contributed by atoms with van der Waals surface area (Å²) in [6.45, 7) is 15.9. The van der Waals surface area contributed by atoms with Crippen molar-refractivity contribution >= 4 is 39.5 Å². The molecule has 3 heterocycles. The Balaban J connectivity index is 1.61. The van der Waals surface area contributed by atoms with E-state index in [0.29, 0.717) is 52.4 Å². The highest BCUT2D eigenvalue weighted by atomic mass is 79.9. The van der Waals surface area contributed by atoms with Crippen LogP contribution in [-0.4, -0.2) is 52.6 Å². The van der Waals surface area contributed by atoms with E-state index in [-0.39, 0.29) is 29.4 Å². The lowest BCUT2D eigenvalue weighted by atomic mass is 9.51. The summed E-state index contributed by atoms with van der Waals surface area (Å²) in [6.07, 6.45) is 14.4. The van der Waals surface area contributed by atoms with Gasteiger partial charge in [0.1, 0.15) is 33.9 Å². The van der Waals surface area contributed by atoms with Crippen molar-refractivity contribution in [3.8, 4) is 17.2 Å². The summed E-state index contributed by atoms with van der Waals surface area (Å²) in [4.78, 5) is 42.1. The van der Waals surface area contributed by atoms with Gasteiger partial charge in [-0.2, -0.15) is 0 Å². The lowest BCUT2D eigenvalue weighted by molar-refractivity contribution is -0.171. The molecule has 0 N–H and O–H groups in total. The van der Waals surface area contributed by atoms with Gasteiger partial charge in [0.15, 0.2) is 22.8 Å². The molecule has 5 atom stereocenters. The number of fused-ring (bicyclic) bond motifs is 2. The lowest BCUT2D eigenvalue weighted by Gasteiger charge is -2.56. The van der Waals surface area contributed by atoms with Gasteiger partial charge in [0.25, 0.3) is 0 Å². The molecule has 7 rings (SSSR count). The minimum atomic E-state index is -1.55. The molecule has 8 nitrogen and oxygen atoms in total. The molecule has 5 unspecified atom stereocenters. The molecule has 1 aromatic rings. The summed E-state index contributed by atoms with van der Waals surface area (Å²) in [5.41, 5.74) is 0.551. The first-order valence-corrected chi connectivity index (χ1v) is 18.2. The van der Waals surface area contributed by atoms with Gasteiger partial charge < -0.3 is 23.7 Å². The zero-order valence-electron chi connectivity index (χ0n) is 30.0. The quantitative estimate of drug-likeness (QED) is 0.102. The number of esters is 1. The fourth-order valence-corrected chi connectivity index (χ4v) is 8.75. The van der Waals surface area contributed by atoms with Crippen LogP contribution < -0.4 is 14.2 Å². The Hall–Kier alpha value is -3.43. The molecule has 49 heavy (non-hydrogen) atoms. The molecule has 0 aromatic heterocycles. The van der Waals surface area contributed by atoms with Gasteiger partial charge in [-0.25, -0.2) is 4.79 Å². The van der Waals surface area contributed by atoms with Gasteiger partial charge in [-0.05, 0) is 109 Å². The van der Waals surface area contributed by atoms with Crippen molar-refractivity contribution in [1.29, 1.82) is 0 Å². The van der Waals surface area contributed by atoms with E-state index in [1.165, 1.54) is 12.7 Å². The zero-order valence-corrected chi connectivity index (χ0v) is 31.6. The summed E-state index contributed by atoms with van der Waals surface area (Å²) in [7, 11) is 1.32. The van der Waals surface area contributed by atoms with Crippen molar-refractivity contribution in [3.05, 3.63) is 69.4 Å². The highest BCUT2D eigenvalue weighted by molar-refractivity contribution is 9.09. The van der Waals surface area contributed by atoms with Crippen LogP contribution >= 0.6 is 15.9 Å². The highest BCUT2D eigenvalue weighted by Crippen LogP contribution is 2.68. The molecule has 9 heteroatoms. The average Bonchev–Trinajstić information content (AvgIpc) is 3.19. The summed E-state index contributed by atoms with van der Waals surface area (Å²) in [5, 5.41) is 0. The third-order valence-corrected chi connectivity index (χ3v) is 11.1. The first-order valence-electron chi connectivity index (χ1n) is 17.1. The first kappa shape index (κ1) is 35.4. The third kappa shape index (κ3) is 5.38. The molecular weight excluding hydrogens is 688 g/mol. The van der Waals surface area contributed by atoms with Crippen LogP contribution in [0, 0.1) is 11.8 Å².